The van der Waals surface area contributed by atoms with Crippen molar-refractivity contribution in [2.24, 2.45) is 0 Å². The summed E-state index contributed by atoms with van der Waals surface area (Å²) in [5, 5.41) is 5.21. The summed E-state index contributed by atoms with van der Waals surface area (Å²) < 4.78 is 5.99. The number of furan rings is 1. The number of carbonyl (C=O) groups excluding carboxylic acids is 3. The quantitative estimate of drug-likeness (QED) is 0.107. The number of anilines is 3. The summed E-state index contributed by atoms with van der Waals surface area (Å²) in [4.78, 5) is 43.0. The number of para-hydroxylation sites is 2. The molecule has 0 aliphatic heterocycles. The maximum atomic E-state index is 13.8. The molecule has 0 bridgehead atoms. The topological polar surface area (TPSA) is 91.6 Å². The van der Waals surface area contributed by atoms with Gasteiger partial charge < -0.3 is 15.1 Å². The molecule has 0 aliphatic carbocycles. The van der Waals surface area contributed by atoms with Crippen LogP contribution in [0.4, 0.5) is 17.1 Å². The molecule has 0 fully saturated rings. The standard InChI is InChI=1S/C41H33N3O4S/c1-29(41(47)44(33-18-10-4-11-19-33)34-20-12-5-13-21-34)49-36-25-22-32(23-26-36)42-40(46)37(43-39(45)31-16-8-3-9-17-31)28-35-24-27-38(48-35)30-14-6-2-7-15-30/h2-29H,1H3,(H,42,46)(H,43,45)/b37-28+. The van der Waals surface area contributed by atoms with Crippen LogP contribution in [-0.4, -0.2) is 23.0 Å². The van der Waals surface area contributed by atoms with E-state index in [4.69, 9.17) is 4.42 Å². The molecule has 0 aliphatic rings. The first kappa shape index (κ1) is 32.8. The van der Waals surface area contributed by atoms with Gasteiger partial charge in [-0.25, -0.2) is 0 Å². The van der Waals surface area contributed by atoms with E-state index in [-0.39, 0.29) is 11.6 Å². The van der Waals surface area contributed by atoms with E-state index in [0.29, 0.717) is 22.8 Å². The van der Waals surface area contributed by atoms with Gasteiger partial charge in [-0.2, -0.15) is 0 Å². The fraction of sp³-hybridized carbons (Fsp3) is 0.0488. The van der Waals surface area contributed by atoms with Crippen molar-refractivity contribution in [1.82, 2.24) is 5.32 Å². The Hall–Kier alpha value is -6.12. The van der Waals surface area contributed by atoms with Crippen LogP contribution in [0, 0.1) is 0 Å². The highest BCUT2D eigenvalue weighted by Crippen LogP contribution is 2.32. The average molecular weight is 664 g/mol. The third-order valence-electron chi connectivity index (χ3n) is 7.52. The lowest BCUT2D eigenvalue weighted by Crippen LogP contribution is -2.32. The normalized spacial score (nSPS) is 11.7. The van der Waals surface area contributed by atoms with E-state index in [1.54, 1.807) is 47.4 Å². The van der Waals surface area contributed by atoms with Gasteiger partial charge in [0.05, 0.1) is 5.25 Å². The van der Waals surface area contributed by atoms with Crippen LogP contribution in [0.15, 0.2) is 173 Å². The first-order valence-electron chi connectivity index (χ1n) is 15.7. The molecule has 1 unspecified atom stereocenters. The minimum absolute atomic E-state index is 0.0161. The number of hydrogen-bond donors (Lipinski definition) is 2. The summed E-state index contributed by atoms with van der Waals surface area (Å²) in [6.07, 6.45) is 1.51. The average Bonchev–Trinajstić information content (AvgIpc) is 3.62. The summed E-state index contributed by atoms with van der Waals surface area (Å²) in [6, 6.07) is 48.2. The largest absolute Gasteiger partial charge is 0.457 e. The van der Waals surface area contributed by atoms with Crippen molar-refractivity contribution in [3.05, 3.63) is 175 Å². The molecule has 3 amide bonds. The van der Waals surface area contributed by atoms with E-state index in [1.165, 1.54) is 17.8 Å². The van der Waals surface area contributed by atoms with Gasteiger partial charge in [0.1, 0.15) is 17.2 Å². The molecule has 0 radical (unpaired) electrons. The van der Waals surface area contributed by atoms with Gasteiger partial charge in [-0.1, -0.05) is 84.9 Å². The van der Waals surface area contributed by atoms with Gasteiger partial charge in [0.15, 0.2) is 0 Å². The van der Waals surface area contributed by atoms with Crippen molar-refractivity contribution < 1.29 is 18.8 Å². The van der Waals surface area contributed by atoms with E-state index in [1.807, 2.05) is 122 Å². The van der Waals surface area contributed by atoms with Gasteiger partial charge in [-0.3, -0.25) is 19.3 Å². The number of carbonyl (C=O) groups is 3. The van der Waals surface area contributed by atoms with E-state index < -0.39 is 17.1 Å². The second-order valence-electron chi connectivity index (χ2n) is 11.0. The second kappa shape index (κ2) is 15.6. The predicted octanol–water partition coefficient (Wildman–Crippen LogP) is 9.20. The molecule has 2 N–H and O–H groups in total. The number of rotatable bonds is 11. The minimum atomic E-state index is -0.521. The van der Waals surface area contributed by atoms with Gasteiger partial charge in [0.25, 0.3) is 11.8 Å². The third kappa shape index (κ3) is 8.43. The Kier molecular flexibility index (Phi) is 10.5. The Balaban J connectivity index is 1.17. The van der Waals surface area contributed by atoms with E-state index in [2.05, 4.69) is 10.6 Å². The molecule has 49 heavy (non-hydrogen) atoms. The van der Waals surface area contributed by atoms with Crippen LogP contribution in [0.5, 0.6) is 0 Å². The van der Waals surface area contributed by atoms with Gasteiger partial charge in [0, 0.05) is 39.2 Å². The minimum Gasteiger partial charge on any atom is -0.457 e. The maximum absolute atomic E-state index is 13.8. The molecular weight excluding hydrogens is 631 g/mol. The van der Waals surface area contributed by atoms with Gasteiger partial charge >= 0.3 is 0 Å². The molecule has 1 aromatic heterocycles. The molecule has 0 spiro atoms. The Morgan fingerprint density at radius 3 is 1.82 bits per heavy atom. The molecule has 5 aromatic carbocycles. The lowest BCUT2D eigenvalue weighted by atomic mass is 10.2. The summed E-state index contributed by atoms with van der Waals surface area (Å²) in [6.45, 7) is 1.88. The second-order valence-corrected chi connectivity index (χ2v) is 12.4. The molecule has 1 heterocycles. The molecule has 1 atom stereocenters. The first-order valence-corrected chi connectivity index (χ1v) is 16.6. The van der Waals surface area contributed by atoms with Crippen LogP contribution in [0.25, 0.3) is 17.4 Å². The van der Waals surface area contributed by atoms with Crippen LogP contribution >= 0.6 is 11.8 Å². The number of benzene rings is 5. The van der Waals surface area contributed by atoms with Crippen LogP contribution in [0.1, 0.15) is 23.0 Å². The van der Waals surface area contributed by atoms with Crippen molar-refractivity contribution in [3.63, 3.8) is 0 Å². The number of hydrogen-bond acceptors (Lipinski definition) is 5. The Labute approximate surface area is 289 Å². The summed E-state index contributed by atoms with van der Waals surface area (Å²) >= 11 is 1.43. The van der Waals surface area contributed by atoms with Crippen molar-refractivity contribution in [2.75, 3.05) is 10.2 Å². The first-order chi connectivity index (χ1) is 23.9. The molecule has 0 saturated heterocycles. The van der Waals surface area contributed by atoms with Crippen LogP contribution in [0.2, 0.25) is 0 Å². The van der Waals surface area contributed by atoms with Crippen LogP contribution in [0.3, 0.4) is 0 Å². The predicted molar refractivity (Wildman–Crippen MR) is 196 cm³/mol. The molecule has 6 aromatic rings. The monoisotopic (exact) mass is 663 g/mol. The zero-order valence-electron chi connectivity index (χ0n) is 26.7. The smallest absolute Gasteiger partial charge is 0.272 e. The summed E-state index contributed by atoms with van der Waals surface area (Å²) in [7, 11) is 0. The summed E-state index contributed by atoms with van der Waals surface area (Å²) in [5.74, 6) is 0.0341. The zero-order valence-corrected chi connectivity index (χ0v) is 27.5. The Morgan fingerprint density at radius 1 is 0.673 bits per heavy atom. The third-order valence-corrected chi connectivity index (χ3v) is 8.62. The molecular formula is C41H33N3O4S. The van der Waals surface area contributed by atoms with E-state index in [9.17, 15) is 14.4 Å². The van der Waals surface area contributed by atoms with Gasteiger partial charge in [0.2, 0.25) is 5.91 Å². The van der Waals surface area contributed by atoms with Crippen LogP contribution in [-0.2, 0) is 9.59 Å². The molecule has 8 heteroatoms. The SMILES string of the molecule is CC(Sc1ccc(NC(=O)/C(=C\c2ccc(-c3ccccc3)o2)NC(=O)c2ccccc2)cc1)C(=O)N(c1ccccc1)c1ccccc1. The van der Waals surface area contributed by atoms with Crippen LogP contribution < -0.4 is 15.5 Å². The number of amides is 3. The summed E-state index contributed by atoms with van der Waals surface area (Å²) in [5.41, 5.74) is 3.42. The molecule has 0 saturated carbocycles. The lowest BCUT2D eigenvalue weighted by molar-refractivity contribution is -0.117. The highest BCUT2D eigenvalue weighted by atomic mass is 32.2. The van der Waals surface area contributed by atoms with E-state index in [0.717, 1.165) is 21.8 Å². The Morgan fingerprint density at radius 2 is 1.22 bits per heavy atom. The highest BCUT2D eigenvalue weighted by Gasteiger charge is 2.24. The number of nitrogens with one attached hydrogen (secondary N) is 2. The molecule has 7 nitrogen and oxygen atoms in total. The van der Waals surface area contributed by atoms with Crippen molar-refractivity contribution in [1.29, 1.82) is 0 Å². The fourth-order valence-electron chi connectivity index (χ4n) is 5.08. The zero-order chi connectivity index (χ0) is 34.0. The highest BCUT2D eigenvalue weighted by molar-refractivity contribution is 8.00. The van der Waals surface area contributed by atoms with Crippen molar-refractivity contribution in [3.8, 4) is 11.3 Å². The Bertz CT molecular complexity index is 2010. The number of nitrogens with zero attached hydrogens (tertiary/aromatic N) is 1. The van der Waals surface area contributed by atoms with Gasteiger partial charge in [-0.15, -0.1) is 11.8 Å². The van der Waals surface area contributed by atoms with E-state index >= 15 is 0 Å². The molecule has 6 rings (SSSR count). The maximum Gasteiger partial charge on any atom is 0.272 e. The van der Waals surface area contributed by atoms with Gasteiger partial charge in [-0.05, 0) is 79.7 Å². The lowest BCUT2D eigenvalue weighted by Gasteiger charge is -2.26. The van der Waals surface area contributed by atoms with Crippen molar-refractivity contribution >= 4 is 52.6 Å². The fourth-order valence-corrected chi connectivity index (χ4v) is 5.99. The van der Waals surface area contributed by atoms with Crippen molar-refractivity contribution in [2.45, 2.75) is 17.1 Å². The molecule has 242 valence electrons. The number of thioether (sulfide) groups is 1.